The summed E-state index contributed by atoms with van der Waals surface area (Å²) in [6.45, 7) is 2.45. The second-order valence-electron chi connectivity index (χ2n) is 7.74. The Labute approximate surface area is 187 Å². The number of hydrogen-bond acceptors (Lipinski definition) is 5. The minimum absolute atomic E-state index is 0.0328. The maximum Gasteiger partial charge on any atom is 0.257 e. The van der Waals surface area contributed by atoms with Crippen molar-refractivity contribution >= 4 is 32.4 Å². The highest BCUT2D eigenvalue weighted by Gasteiger charge is 2.31. The zero-order valence-corrected chi connectivity index (χ0v) is 19.0. The minimum Gasteiger partial charge on any atom is -0.298 e. The number of nitrogens with one attached hydrogen (secondary N) is 1. The highest BCUT2D eigenvalue weighted by molar-refractivity contribution is 7.89. The van der Waals surface area contributed by atoms with Gasteiger partial charge in [0, 0.05) is 35.6 Å². The monoisotopic (exact) mass is 455 g/mol. The number of nitrogens with zero attached hydrogens (tertiary/aromatic N) is 2. The van der Waals surface area contributed by atoms with Crippen LogP contribution in [0.15, 0.2) is 65.7 Å². The first kappa shape index (κ1) is 21.7. The van der Waals surface area contributed by atoms with Gasteiger partial charge < -0.3 is 0 Å². The summed E-state index contributed by atoms with van der Waals surface area (Å²) >= 11 is 1.41. The van der Waals surface area contributed by atoms with E-state index in [0.717, 1.165) is 30.6 Å². The minimum atomic E-state index is -3.63. The molecule has 4 rings (SSSR count). The van der Waals surface area contributed by atoms with E-state index < -0.39 is 10.0 Å². The number of anilines is 1. The molecule has 1 aliphatic rings. The number of carbonyl (C=O) groups excluding carboxylic acids is 1. The van der Waals surface area contributed by atoms with Gasteiger partial charge in [0.15, 0.2) is 5.13 Å². The van der Waals surface area contributed by atoms with Gasteiger partial charge in [0.25, 0.3) is 5.91 Å². The maximum absolute atomic E-state index is 13.1. The molecule has 1 atom stereocenters. The summed E-state index contributed by atoms with van der Waals surface area (Å²) in [5.41, 5.74) is 1.47. The van der Waals surface area contributed by atoms with E-state index in [1.165, 1.54) is 23.0 Å². The van der Waals surface area contributed by atoms with Crippen molar-refractivity contribution in [3.63, 3.8) is 0 Å². The number of rotatable bonds is 6. The van der Waals surface area contributed by atoms with Crippen molar-refractivity contribution in [3.8, 4) is 0 Å². The smallest absolute Gasteiger partial charge is 0.257 e. The number of hydrogen-bond donors (Lipinski definition) is 1. The molecular weight excluding hydrogens is 430 g/mol. The van der Waals surface area contributed by atoms with Crippen molar-refractivity contribution in [2.24, 2.45) is 0 Å². The standard InChI is InChI=1S/C23H25N3O3S2/c1-17-8-5-6-13-26(17)31(28,29)21-12-7-11-19(15-21)22(27)25-23-24-16-20(30-23)14-18-9-3-2-4-10-18/h2-4,7,9-12,15-17H,5-6,8,13-14H2,1H3,(H,24,25,27). The van der Waals surface area contributed by atoms with E-state index in [9.17, 15) is 13.2 Å². The van der Waals surface area contributed by atoms with Crippen LogP contribution in [0.1, 0.15) is 47.0 Å². The SMILES string of the molecule is CC1CCCCN1S(=O)(=O)c1cccc(C(=O)Nc2ncc(Cc3ccccc3)s2)c1. The van der Waals surface area contributed by atoms with Crippen molar-refractivity contribution in [3.05, 3.63) is 76.8 Å². The molecule has 0 bridgehead atoms. The molecule has 1 aliphatic heterocycles. The number of piperidine rings is 1. The summed E-state index contributed by atoms with van der Waals surface area (Å²) in [4.78, 5) is 18.2. The van der Waals surface area contributed by atoms with Gasteiger partial charge in [-0.2, -0.15) is 4.31 Å². The Bertz CT molecular complexity index is 1160. The van der Waals surface area contributed by atoms with Crippen LogP contribution in [0, 0.1) is 0 Å². The Kier molecular flexibility index (Phi) is 6.50. The summed E-state index contributed by atoms with van der Waals surface area (Å²) in [6, 6.07) is 16.2. The number of amides is 1. The molecule has 3 aromatic rings. The van der Waals surface area contributed by atoms with E-state index in [2.05, 4.69) is 10.3 Å². The molecule has 1 fully saturated rings. The molecule has 0 spiro atoms. The van der Waals surface area contributed by atoms with E-state index in [1.807, 2.05) is 37.3 Å². The van der Waals surface area contributed by atoms with Crippen LogP contribution in [0.25, 0.3) is 0 Å². The first-order chi connectivity index (χ1) is 14.9. The average Bonchev–Trinajstić information content (AvgIpc) is 3.21. The Hall–Kier alpha value is -2.55. The normalized spacial score (nSPS) is 17.4. The lowest BCUT2D eigenvalue weighted by molar-refractivity contribution is 0.102. The van der Waals surface area contributed by atoms with Crippen LogP contribution < -0.4 is 5.32 Å². The first-order valence-corrected chi connectivity index (χ1v) is 12.6. The Morgan fingerprint density at radius 3 is 2.74 bits per heavy atom. The zero-order valence-electron chi connectivity index (χ0n) is 17.3. The molecule has 1 aromatic heterocycles. The van der Waals surface area contributed by atoms with Crippen molar-refractivity contribution in [2.45, 2.75) is 43.5 Å². The Morgan fingerprint density at radius 1 is 1.16 bits per heavy atom. The van der Waals surface area contributed by atoms with Gasteiger partial charge in [-0.1, -0.05) is 42.8 Å². The molecule has 31 heavy (non-hydrogen) atoms. The lowest BCUT2D eigenvalue weighted by atomic mass is 10.1. The third-order valence-electron chi connectivity index (χ3n) is 5.44. The number of sulfonamides is 1. The molecule has 2 heterocycles. The topological polar surface area (TPSA) is 79.4 Å². The summed E-state index contributed by atoms with van der Waals surface area (Å²) in [5, 5.41) is 3.29. The third kappa shape index (κ3) is 5.03. The number of aromatic nitrogens is 1. The largest absolute Gasteiger partial charge is 0.298 e. The van der Waals surface area contributed by atoms with Gasteiger partial charge in [-0.15, -0.1) is 11.3 Å². The highest BCUT2D eigenvalue weighted by atomic mass is 32.2. The molecule has 1 unspecified atom stereocenters. The van der Waals surface area contributed by atoms with E-state index in [-0.39, 0.29) is 16.8 Å². The van der Waals surface area contributed by atoms with Crippen LogP contribution in [0.4, 0.5) is 5.13 Å². The van der Waals surface area contributed by atoms with Crippen LogP contribution in [0.2, 0.25) is 0 Å². The summed E-state index contributed by atoms with van der Waals surface area (Å²) < 4.78 is 27.7. The molecule has 6 nitrogen and oxygen atoms in total. The fraction of sp³-hybridized carbons (Fsp3) is 0.304. The van der Waals surface area contributed by atoms with Gasteiger partial charge in [0.05, 0.1) is 4.90 Å². The number of thiazole rings is 1. The van der Waals surface area contributed by atoms with Gasteiger partial charge in [-0.3, -0.25) is 10.1 Å². The molecule has 2 aromatic carbocycles. The van der Waals surface area contributed by atoms with Crippen molar-refractivity contribution in [1.29, 1.82) is 0 Å². The molecule has 0 aliphatic carbocycles. The fourth-order valence-electron chi connectivity index (χ4n) is 3.78. The van der Waals surface area contributed by atoms with Gasteiger partial charge in [0.1, 0.15) is 0 Å². The van der Waals surface area contributed by atoms with Crippen LogP contribution in [0.3, 0.4) is 0 Å². The van der Waals surface area contributed by atoms with Crippen molar-refractivity contribution < 1.29 is 13.2 Å². The second kappa shape index (κ2) is 9.30. The predicted octanol–water partition coefficient (Wildman–Crippen LogP) is 4.55. The Balaban J connectivity index is 1.47. The molecular formula is C23H25N3O3S2. The van der Waals surface area contributed by atoms with Crippen LogP contribution in [-0.4, -0.2) is 36.2 Å². The van der Waals surface area contributed by atoms with Gasteiger partial charge in [0.2, 0.25) is 10.0 Å². The maximum atomic E-state index is 13.1. The third-order valence-corrected chi connectivity index (χ3v) is 8.36. The number of benzene rings is 2. The molecule has 1 amide bonds. The Morgan fingerprint density at radius 2 is 1.97 bits per heavy atom. The lowest BCUT2D eigenvalue weighted by Crippen LogP contribution is -2.41. The molecule has 1 saturated heterocycles. The molecule has 0 radical (unpaired) electrons. The molecule has 1 N–H and O–H groups in total. The van der Waals surface area contributed by atoms with Crippen LogP contribution >= 0.6 is 11.3 Å². The lowest BCUT2D eigenvalue weighted by Gasteiger charge is -2.32. The van der Waals surface area contributed by atoms with E-state index >= 15 is 0 Å². The quantitative estimate of drug-likeness (QED) is 0.591. The van der Waals surface area contributed by atoms with Crippen LogP contribution in [-0.2, 0) is 16.4 Å². The average molecular weight is 456 g/mol. The second-order valence-corrected chi connectivity index (χ2v) is 10.7. The summed E-state index contributed by atoms with van der Waals surface area (Å²) in [7, 11) is -3.63. The summed E-state index contributed by atoms with van der Waals surface area (Å²) in [5.74, 6) is -0.371. The number of carbonyl (C=O) groups is 1. The highest BCUT2D eigenvalue weighted by Crippen LogP contribution is 2.26. The molecule has 0 saturated carbocycles. The van der Waals surface area contributed by atoms with Gasteiger partial charge in [-0.25, -0.2) is 13.4 Å². The van der Waals surface area contributed by atoms with E-state index in [1.54, 1.807) is 28.7 Å². The fourth-order valence-corrected chi connectivity index (χ4v) is 6.36. The van der Waals surface area contributed by atoms with Gasteiger partial charge in [-0.05, 0) is 43.5 Å². The first-order valence-electron chi connectivity index (χ1n) is 10.4. The summed E-state index contributed by atoms with van der Waals surface area (Å²) in [6.07, 6.45) is 5.26. The van der Waals surface area contributed by atoms with Crippen molar-refractivity contribution in [1.82, 2.24) is 9.29 Å². The predicted molar refractivity (Wildman–Crippen MR) is 123 cm³/mol. The zero-order chi connectivity index (χ0) is 21.8. The van der Waals surface area contributed by atoms with E-state index in [0.29, 0.717) is 17.2 Å². The van der Waals surface area contributed by atoms with E-state index in [4.69, 9.17) is 0 Å². The van der Waals surface area contributed by atoms with Gasteiger partial charge >= 0.3 is 0 Å². The molecule has 8 heteroatoms. The van der Waals surface area contributed by atoms with Crippen molar-refractivity contribution in [2.75, 3.05) is 11.9 Å². The molecule has 162 valence electrons. The van der Waals surface area contributed by atoms with Crippen LogP contribution in [0.5, 0.6) is 0 Å².